The van der Waals surface area contributed by atoms with Crippen LogP contribution in [0, 0.1) is 11.8 Å². The Kier molecular flexibility index (Phi) is 4.30. The topological polar surface area (TPSA) is 63.7 Å². The van der Waals surface area contributed by atoms with Crippen LogP contribution in [0.15, 0.2) is 72.8 Å². The van der Waals surface area contributed by atoms with Crippen LogP contribution in [-0.2, 0) is 19.2 Å². The van der Waals surface area contributed by atoms with E-state index in [9.17, 15) is 14.4 Å². The molecule has 1 saturated heterocycles. The summed E-state index contributed by atoms with van der Waals surface area (Å²) in [6.07, 6.45) is 0. The molecule has 0 saturated carbocycles. The summed E-state index contributed by atoms with van der Waals surface area (Å²) in [5, 5.41) is 0. The Balaban J connectivity index is 1.52. The zero-order valence-electron chi connectivity index (χ0n) is 17.8. The maximum atomic E-state index is 13.9. The standard InChI is InChI=1S/C27H20ClNO4/c1-2-33-26(32)15-8-7-9-16(14-15)29-24(30)22-21-17-10-3-5-12-19(17)27(28,23(22)25(29)31)20-13-6-4-11-18(20)21/h3-14,21-23H,2H2,1H3/t21?,22-,23-,27?/m1/s1. The average Bonchev–Trinajstić information content (AvgIpc) is 3.11. The summed E-state index contributed by atoms with van der Waals surface area (Å²) < 4.78 is 5.09. The molecule has 2 bridgehead atoms. The zero-order valence-corrected chi connectivity index (χ0v) is 18.6. The van der Waals surface area contributed by atoms with E-state index in [1.807, 2.05) is 48.5 Å². The fraction of sp³-hybridized carbons (Fsp3) is 0.222. The number of halogens is 1. The van der Waals surface area contributed by atoms with Gasteiger partial charge in [-0.2, -0.15) is 0 Å². The number of rotatable bonds is 3. The molecule has 0 unspecified atom stereocenters. The molecular formula is C27H20ClNO4. The van der Waals surface area contributed by atoms with Gasteiger partial charge in [0, 0.05) is 5.92 Å². The van der Waals surface area contributed by atoms with Crippen molar-refractivity contribution in [3.8, 4) is 0 Å². The predicted molar refractivity (Wildman–Crippen MR) is 123 cm³/mol. The normalized spacial score (nSPS) is 26.6. The van der Waals surface area contributed by atoms with E-state index in [0.717, 1.165) is 22.3 Å². The largest absolute Gasteiger partial charge is 0.462 e. The second-order valence-corrected chi connectivity index (χ2v) is 9.25. The number of esters is 1. The molecule has 5 nitrogen and oxygen atoms in total. The number of imide groups is 1. The number of carbonyl (C=O) groups is 3. The zero-order chi connectivity index (χ0) is 22.9. The van der Waals surface area contributed by atoms with Crippen molar-refractivity contribution >= 4 is 35.1 Å². The molecule has 1 fully saturated rings. The molecule has 3 aromatic carbocycles. The second-order valence-electron chi connectivity index (χ2n) is 8.65. The van der Waals surface area contributed by atoms with E-state index >= 15 is 0 Å². The van der Waals surface area contributed by atoms with Crippen LogP contribution in [0.3, 0.4) is 0 Å². The predicted octanol–water partition coefficient (Wildman–Crippen LogP) is 4.61. The first kappa shape index (κ1) is 20.2. The van der Waals surface area contributed by atoms with Gasteiger partial charge in [-0.3, -0.25) is 9.59 Å². The lowest BCUT2D eigenvalue weighted by Gasteiger charge is -2.50. The van der Waals surface area contributed by atoms with Crippen LogP contribution in [0.25, 0.3) is 0 Å². The molecule has 6 heteroatoms. The number of hydrogen-bond acceptors (Lipinski definition) is 4. The summed E-state index contributed by atoms with van der Waals surface area (Å²) in [6, 6.07) is 22.1. The van der Waals surface area contributed by atoms with Crippen LogP contribution in [-0.4, -0.2) is 24.4 Å². The fourth-order valence-corrected chi connectivity index (χ4v) is 6.49. The average molecular weight is 458 g/mol. The van der Waals surface area contributed by atoms with Crippen LogP contribution < -0.4 is 4.90 Å². The molecule has 7 rings (SSSR count). The minimum atomic E-state index is -1.13. The van der Waals surface area contributed by atoms with Gasteiger partial charge in [0.2, 0.25) is 11.8 Å². The van der Waals surface area contributed by atoms with Gasteiger partial charge >= 0.3 is 5.97 Å². The number of carbonyl (C=O) groups excluding carboxylic acids is 3. The van der Waals surface area contributed by atoms with Crippen molar-refractivity contribution in [2.75, 3.05) is 11.5 Å². The summed E-state index contributed by atoms with van der Waals surface area (Å²) in [6.45, 7) is 1.97. The maximum absolute atomic E-state index is 13.9. The molecule has 0 radical (unpaired) electrons. The number of nitrogens with zero attached hydrogens (tertiary/aromatic N) is 1. The number of ether oxygens (including phenoxy) is 1. The molecule has 0 spiro atoms. The van der Waals surface area contributed by atoms with Gasteiger partial charge in [-0.15, -0.1) is 11.6 Å². The monoisotopic (exact) mass is 457 g/mol. The maximum Gasteiger partial charge on any atom is 0.338 e. The Bertz CT molecular complexity index is 1300. The van der Waals surface area contributed by atoms with Crippen molar-refractivity contribution in [1.29, 1.82) is 0 Å². The quantitative estimate of drug-likeness (QED) is 0.327. The highest BCUT2D eigenvalue weighted by Gasteiger charge is 2.68. The first-order valence-electron chi connectivity index (χ1n) is 11.0. The van der Waals surface area contributed by atoms with Crippen molar-refractivity contribution in [2.24, 2.45) is 11.8 Å². The van der Waals surface area contributed by atoms with E-state index in [4.69, 9.17) is 16.3 Å². The van der Waals surface area contributed by atoms with Crippen LogP contribution >= 0.6 is 11.6 Å². The lowest BCUT2D eigenvalue weighted by molar-refractivity contribution is -0.122. The first-order chi connectivity index (χ1) is 16.0. The highest BCUT2D eigenvalue weighted by Crippen LogP contribution is 2.65. The van der Waals surface area contributed by atoms with Gasteiger partial charge < -0.3 is 4.74 Å². The third-order valence-electron chi connectivity index (χ3n) is 7.13. The Labute approximate surface area is 195 Å². The van der Waals surface area contributed by atoms with Gasteiger partial charge in [0.15, 0.2) is 0 Å². The smallest absolute Gasteiger partial charge is 0.338 e. The third kappa shape index (κ3) is 2.51. The molecule has 3 aromatic rings. The van der Waals surface area contributed by atoms with Crippen LogP contribution in [0.2, 0.25) is 0 Å². The van der Waals surface area contributed by atoms with E-state index < -0.39 is 22.7 Å². The SMILES string of the molecule is CCOC(=O)c1cccc(N2C(=O)[C@@H]3C4c5ccccc5C(Cl)(c5ccccc54)[C@H]3C2=O)c1. The third-order valence-corrected chi connectivity index (χ3v) is 7.77. The van der Waals surface area contributed by atoms with Gasteiger partial charge in [0.1, 0.15) is 4.87 Å². The van der Waals surface area contributed by atoms with Crippen LogP contribution in [0.1, 0.15) is 45.5 Å². The Morgan fingerprint density at radius 2 is 1.58 bits per heavy atom. The molecule has 0 N–H and O–H groups in total. The van der Waals surface area contributed by atoms with Crippen molar-refractivity contribution in [1.82, 2.24) is 0 Å². The van der Waals surface area contributed by atoms with E-state index in [1.54, 1.807) is 25.1 Å². The van der Waals surface area contributed by atoms with E-state index in [-0.39, 0.29) is 24.3 Å². The van der Waals surface area contributed by atoms with Crippen molar-refractivity contribution in [2.45, 2.75) is 17.7 Å². The number of alkyl halides is 1. The lowest BCUT2D eigenvalue weighted by Crippen LogP contribution is -2.50. The second kappa shape index (κ2) is 7.03. The summed E-state index contributed by atoms with van der Waals surface area (Å²) in [7, 11) is 0. The number of benzene rings is 3. The number of anilines is 1. The minimum absolute atomic E-state index is 0.238. The van der Waals surface area contributed by atoms with E-state index in [2.05, 4.69) is 0 Å². The van der Waals surface area contributed by atoms with Gasteiger partial charge in [-0.05, 0) is 47.4 Å². The van der Waals surface area contributed by atoms with Crippen molar-refractivity contribution < 1.29 is 19.1 Å². The first-order valence-corrected chi connectivity index (χ1v) is 11.4. The van der Waals surface area contributed by atoms with Crippen molar-refractivity contribution in [3.63, 3.8) is 0 Å². The van der Waals surface area contributed by atoms with Gasteiger partial charge in [-0.1, -0.05) is 54.6 Å². The molecular weight excluding hydrogens is 438 g/mol. The van der Waals surface area contributed by atoms with Crippen LogP contribution in [0.4, 0.5) is 5.69 Å². The van der Waals surface area contributed by atoms with Gasteiger partial charge in [-0.25, -0.2) is 9.69 Å². The molecule has 2 atom stereocenters. The summed E-state index contributed by atoms with van der Waals surface area (Å²) >= 11 is 7.42. The Hall–Kier alpha value is -3.44. The van der Waals surface area contributed by atoms with E-state index in [1.165, 1.54) is 11.0 Å². The number of hydrogen-bond donors (Lipinski definition) is 0. The summed E-state index contributed by atoms with van der Waals surface area (Å²) in [5.41, 5.74) is 4.42. The fourth-order valence-electron chi connectivity index (χ4n) is 5.92. The van der Waals surface area contributed by atoms with Crippen molar-refractivity contribution in [3.05, 3.63) is 101 Å². The number of amides is 2. The highest BCUT2D eigenvalue weighted by atomic mass is 35.5. The molecule has 0 aromatic heterocycles. The molecule has 164 valence electrons. The van der Waals surface area contributed by atoms with E-state index in [0.29, 0.717) is 11.3 Å². The Morgan fingerprint density at radius 3 is 2.21 bits per heavy atom. The summed E-state index contributed by atoms with van der Waals surface area (Å²) in [5.74, 6) is -2.71. The lowest BCUT2D eigenvalue weighted by atomic mass is 9.54. The highest BCUT2D eigenvalue weighted by molar-refractivity contribution is 6.33. The summed E-state index contributed by atoms with van der Waals surface area (Å²) in [4.78, 5) is 40.0. The minimum Gasteiger partial charge on any atom is -0.462 e. The van der Waals surface area contributed by atoms with Crippen LogP contribution in [0.5, 0.6) is 0 Å². The Morgan fingerprint density at radius 1 is 0.939 bits per heavy atom. The van der Waals surface area contributed by atoms with Gasteiger partial charge in [0.05, 0.1) is 29.7 Å². The molecule has 3 aliphatic carbocycles. The molecule has 1 heterocycles. The molecule has 2 amide bonds. The molecule has 4 aliphatic rings. The molecule has 33 heavy (non-hydrogen) atoms. The van der Waals surface area contributed by atoms with Gasteiger partial charge in [0.25, 0.3) is 0 Å². The molecule has 1 aliphatic heterocycles.